The first-order valence-electron chi connectivity index (χ1n) is 7.17. The molecule has 0 aliphatic carbocycles. The molecular formula is C16H17FN4O. The fourth-order valence-corrected chi connectivity index (χ4v) is 2.55. The fourth-order valence-electron chi connectivity index (χ4n) is 2.55. The summed E-state index contributed by atoms with van der Waals surface area (Å²) in [4.78, 5) is 23.7. The highest BCUT2D eigenvalue weighted by atomic mass is 19.1. The summed E-state index contributed by atoms with van der Waals surface area (Å²) in [5, 5.41) is 0. The number of nitrogens with zero attached hydrogens (tertiary/aromatic N) is 4. The normalized spacial score (nSPS) is 15.3. The number of carbonyl (C=O) groups is 1. The van der Waals surface area contributed by atoms with Crippen molar-refractivity contribution in [1.29, 1.82) is 0 Å². The minimum Gasteiger partial charge on any atom is -0.335 e. The van der Waals surface area contributed by atoms with Gasteiger partial charge in [0.15, 0.2) is 5.82 Å². The van der Waals surface area contributed by atoms with Crippen LogP contribution < -0.4 is 4.90 Å². The number of amides is 1. The highest BCUT2D eigenvalue weighted by Gasteiger charge is 2.25. The standard InChI is InChI=1S/C16H17FN4O/c1-12-3-2-4-13(7-12)10-20-5-6-21(11-15(20)22)16-18-8-14(17)9-19-16/h2-4,7-9H,5-6,10-11H2,1H3. The number of hydrogen-bond donors (Lipinski definition) is 0. The Morgan fingerprint density at radius 1 is 1.23 bits per heavy atom. The smallest absolute Gasteiger partial charge is 0.242 e. The lowest BCUT2D eigenvalue weighted by atomic mass is 10.1. The predicted octanol–water partition coefficient (Wildman–Crippen LogP) is 1.77. The van der Waals surface area contributed by atoms with Gasteiger partial charge in [-0.15, -0.1) is 0 Å². The number of rotatable bonds is 3. The molecule has 2 aromatic rings. The third-order valence-corrected chi connectivity index (χ3v) is 3.66. The van der Waals surface area contributed by atoms with Crippen LogP contribution in [0.2, 0.25) is 0 Å². The molecular weight excluding hydrogens is 283 g/mol. The molecule has 0 bridgehead atoms. The Bertz CT molecular complexity index is 674. The van der Waals surface area contributed by atoms with E-state index in [0.29, 0.717) is 25.6 Å². The van der Waals surface area contributed by atoms with E-state index in [4.69, 9.17) is 0 Å². The van der Waals surface area contributed by atoms with Crippen molar-refractivity contribution < 1.29 is 9.18 Å². The van der Waals surface area contributed by atoms with Crippen molar-refractivity contribution in [3.63, 3.8) is 0 Å². The number of hydrogen-bond acceptors (Lipinski definition) is 4. The number of aromatic nitrogens is 2. The van der Waals surface area contributed by atoms with Gasteiger partial charge in [0.1, 0.15) is 6.54 Å². The zero-order chi connectivity index (χ0) is 15.5. The van der Waals surface area contributed by atoms with E-state index in [2.05, 4.69) is 16.0 Å². The quantitative estimate of drug-likeness (QED) is 0.867. The first-order chi connectivity index (χ1) is 10.6. The highest BCUT2D eigenvalue weighted by Crippen LogP contribution is 2.14. The van der Waals surface area contributed by atoms with E-state index >= 15 is 0 Å². The van der Waals surface area contributed by atoms with Crippen LogP contribution in [-0.2, 0) is 11.3 Å². The molecule has 1 amide bonds. The van der Waals surface area contributed by atoms with Crippen LogP contribution in [0.15, 0.2) is 36.7 Å². The zero-order valence-corrected chi connectivity index (χ0v) is 12.4. The molecule has 1 aliphatic heterocycles. The lowest BCUT2D eigenvalue weighted by molar-refractivity contribution is -0.131. The Morgan fingerprint density at radius 2 is 2.00 bits per heavy atom. The summed E-state index contributed by atoms with van der Waals surface area (Å²) < 4.78 is 12.8. The van der Waals surface area contributed by atoms with Gasteiger partial charge in [0.25, 0.3) is 0 Å². The summed E-state index contributed by atoms with van der Waals surface area (Å²) in [5.74, 6) is -0.0567. The van der Waals surface area contributed by atoms with E-state index < -0.39 is 5.82 Å². The van der Waals surface area contributed by atoms with Crippen LogP contribution >= 0.6 is 0 Å². The van der Waals surface area contributed by atoms with E-state index in [1.165, 1.54) is 5.56 Å². The molecule has 114 valence electrons. The number of carbonyl (C=O) groups excluding carboxylic acids is 1. The van der Waals surface area contributed by atoms with Crippen molar-refractivity contribution in [2.75, 3.05) is 24.5 Å². The van der Waals surface area contributed by atoms with E-state index in [-0.39, 0.29) is 12.5 Å². The van der Waals surface area contributed by atoms with Crippen LogP contribution in [0.1, 0.15) is 11.1 Å². The predicted molar refractivity (Wildman–Crippen MR) is 80.8 cm³/mol. The second-order valence-electron chi connectivity index (χ2n) is 5.43. The van der Waals surface area contributed by atoms with Crippen LogP contribution in [0, 0.1) is 12.7 Å². The number of anilines is 1. The Morgan fingerprint density at radius 3 is 2.68 bits per heavy atom. The van der Waals surface area contributed by atoms with Crippen LogP contribution in [0.25, 0.3) is 0 Å². The SMILES string of the molecule is Cc1cccc(CN2CCN(c3ncc(F)cn3)CC2=O)c1. The van der Waals surface area contributed by atoms with Crippen LogP contribution in [0.5, 0.6) is 0 Å². The highest BCUT2D eigenvalue weighted by molar-refractivity contribution is 5.82. The molecule has 0 saturated carbocycles. The molecule has 22 heavy (non-hydrogen) atoms. The Hall–Kier alpha value is -2.50. The molecule has 0 unspecified atom stereocenters. The van der Waals surface area contributed by atoms with Crippen molar-refractivity contribution in [2.24, 2.45) is 0 Å². The maximum Gasteiger partial charge on any atom is 0.242 e. The molecule has 1 aromatic heterocycles. The first kappa shape index (κ1) is 14.4. The summed E-state index contributed by atoms with van der Waals surface area (Å²) in [6.07, 6.45) is 2.23. The van der Waals surface area contributed by atoms with E-state index in [9.17, 15) is 9.18 Å². The molecule has 0 atom stereocenters. The number of piperazine rings is 1. The average Bonchev–Trinajstić information content (AvgIpc) is 2.50. The molecule has 6 heteroatoms. The summed E-state index contributed by atoms with van der Waals surface area (Å²) in [6.45, 7) is 4.11. The average molecular weight is 300 g/mol. The number of aryl methyl sites for hydroxylation is 1. The topological polar surface area (TPSA) is 49.3 Å². The van der Waals surface area contributed by atoms with Gasteiger partial charge in [-0.2, -0.15) is 0 Å². The van der Waals surface area contributed by atoms with Gasteiger partial charge >= 0.3 is 0 Å². The van der Waals surface area contributed by atoms with Gasteiger partial charge in [0, 0.05) is 19.6 Å². The van der Waals surface area contributed by atoms with E-state index in [1.807, 2.05) is 30.0 Å². The monoisotopic (exact) mass is 300 g/mol. The van der Waals surface area contributed by atoms with Crippen molar-refractivity contribution in [3.8, 4) is 0 Å². The fraction of sp³-hybridized carbons (Fsp3) is 0.312. The number of benzene rings is 1. The minimum absolute atomic E-state index is 0.0284. The Balaban J connectivity index is 1.65. The third-order valence-electron chi connectivity index (χ3n) is 3.66. The van der Waals surface area contributed by atoms with Gasteiger partial charge < -0.3 is 9.80 Å². The van der Waals surface area contributed by atoms with Crippen molar-refractivity contribution in [1.82, 2.24) is 14.9 Å². The van der Waals surface area contributed by atoms with Crippen LogP contribution in [0.4, 0.5) is 10.3 Å². The van der Waals surface area contributed by atoms with Crippen molar-refractivity contribution in [2.45, 2.75) is 13.5 Å². The molecule has 1 aromatic carbocycles. The molecule has 0 N–H and O–H groups in total. The van der Waals surface area contributed by atoms with E-state index in [1.54, 1.807) is 4.90 Å². The van der Waals surface area contributed by atoms with Gasteiger partial charge in [-0.1, -0.05) is 29.8 Å². The van der Waals surface area contributed by atoms with Crippen molar-refractivity contribution >= 4 is 11.9 Å². The van der Waals surface area contributed by atoms with Gasteiger partial charge in [0.05, 0.1) is 12.4 Å². The first-order valence-corrected chi connectivity index (χ1v) is 7.17. The lowest BCUT2D eigenvalue weighted by Crippen LogP contribution is -2.50. The summed E-state index contributed by atoms with van der Waals surface area (Å²) in [7, 11) is 0. The molecule has 1 aliphatic rings. The summed E-state index contributed by atoms with van der Waals surface area (Å²) >= 11 is 0. The van der Waals surface area contributed by atoms with Gasteiger partial charge in [-0.3, -0.25) is 4.79 Å². The Labute approximate surface area is 128 Å². The maximum atomic E-state index is 12.8. The molecule has 5 nitrogen and oxygen atoms in total. The minimum atomic E-state index is -0.479. The molecule has 1 fully saturated rings. The second kappa shape index (κ2) is 6.09. The molecule has 3 rings (SSSR count). The van der Waals surface area contributed by atoms with E-state index in [0.717, 1.165) is 18.0 Å². The molecule has 0 spiro atoms. The largest absolute Gasteiger partial charge is 0.335 e. The lowest BCUT2D eigenvalue weighted by Gasteiger charge is -2.34. The Kier molecular flexibility index (Phi) is 4.00. The third kappa shape index (κ3) is 3.21. The maximum absolute atomic E-state index is 12.8. The molecule has 1 saturated heterocycles. The number of halogens is 1. The van der Waals surface area contributed by atoms with Crippen molar-refractivity contribution in [3.05, 3.63) is 53.6 Å². The van der Waals surface area contributed by atoms with Crippen LogP contribution in [0.3, 0.4) is 0 Å². The van der Waals surface area contributed by atoms with Gasteiger partial charge in [0.2, 0.25) is 11.9 Å². The van der Waals surface area contributed by atoms with Crippen LogP contribution in [-0.4, -0.2) is 40.4 Å². The van der Waals surface area contributed by atoms with Gasteiger partial charge in [-0.05, 0) is 12.5 Å². The molecule has 2 heterocycles. The zero-order valence-electron chi connectivity index (χ0n) is 12.4. The second-order valence-corrected chi connectivity index (χ2v) is 5.43. The summed E-state index contributed by atoms with van der Waals surface area (Å²) in [6, 6.07) is 8.14. The summed E-state index contributed by atoms with van der Waals surface area (Å²) in [5.41, 5.74) is 2.31. The van der Waals surface area contributed by atoms with Gasteiger partial charge in [-0.25, -0.2) is 14.4 Å². The molecule has 0 radical (unpaired) electrons.